The fraction of sp³-hybridized carbons (Fsp3) is 0.600. The Balaban J connectivity index is 2.26. The SMILES string of the molecule is COc1cn([C@@H]2O[C@H](COP(=O)(Cl)Cl)C(O)C2O)c(=O)[nH]c1=O. The first-order valence-corrected chi connectivity index (χ1v) is 9.62. The molecule has 10 nitrogen and oxygen atoms in total. The van der Waals surface area contributed by atoms with Crippen molar-refractivity contribution in [1.82, 2.24) is 9.55 Å². The van der Waals surface area contributed by atoms with Gasteiger partial charge >= 0.3 is 11.8 Å². The number of aliphatic hydroxyl groups is 2. The van der Waals surface area contributed by atoms with E-state index in [-0.39, 0.29) is 5.75 Å². The maximum absolute atomic E-state index is 11.8. The highest BCUT2D eigenvalue weighted by Gasteiger charge is 2.45. The lowest BCUT2D eigenvalue weighted by atomic mass is 10.1. The molecule has 23 heavy (non-hydrogen) atoms. The number of nitrogens with one attached hydrogen (secondary N) is 1. The molecule has 0 radical (unpaired) electrons. The molecule has 130 valence electrons. The van der Waals surface area contributed by atoms with Crippen LogP contribution in [0.1, 0.15) is 6.23 Å². The highest BCUT2D eigenvalue weighted by molar-refractivity contribution is 8.05. The fourth-order valence-electron chi connectivity index (χ4n) is 2.06. The molecular weight excluding hydrogens is 378 g/mol. The van der Waals surface area contributed by atoms with Crippen molar-refractivity contribution in [3.05, 3.63) is 27.0 Å². The smallest absolute Gasteiger partial charge is 0.380 e. The molecule has 0 amide bonds. The van der Waals surface area contributed by atoms with E-state index in [9.17, 15) is 24.4 Å². The van der Waals surface area contributed by atoms with Crippen LogP contribution in [0.4, 0.5) is 0 Å². The third kappa shape index (κ3) is 4.16. The normalized spacial score (nSPS) is 28.0. The van der Waals surface area contributed by atoms with Crippen LogP contribution in [0.5, 0.6) is 5.75 Å². The number of halogens is 2. The minimum atomic E-state index is -3.85. The van der Waals surface area contributed by atoms with Crippen LogP contribution < -0.4 is 16.0 Å². The van der Waals surface area contributed by atoms with Crippen LogP contribution in [0.15, 0.2) is 15.8 Å². The van der Waals surface area contributed by atoms with E-state index >= 15 is 0 Å². The average molecular weight is 391 g/mol. The number of ether oxygens (including phenoxy) is 2. The second-order valence-electron chi connectivity index (χ2n) is 4.62. The van der Waals surface area contributed by atoms with Crippen molar-refractivity contribution in [2.24, 2.45) is 0 Å². The maximum Gasteiger partial charge on any atom is 0.380 e. The first-order chi connectivity index (χ1) is 10.6. The number of hydrogen-bond acceptors (Lipinski definition) is 8. The van der Waals surface area contributed by atoms with Gasteiger partial charge in [-0.1, -0.05) is 0 Å². The Morgan fingerprint density at radius 3 is 2.61 bits per heavy atom. The van der Waals surface area contributed by atoms with Crippen molar-refractivity contribution < 1.29 is 28.8 Å². The lowest BCUT2D eigenvalue weighted by Gasteiger charge is -2.17. The lowest BCUT2D eigenvalue weighted by Crippen LogP contribution is -2.38. The molecule has 0 aromatic carbocycles. The number of H-pyrrole nitrogens is 1. The van der Waals surface area contributed by atoms with Gasteiger partial charge in [-0.25, -0.2) is 4.79 Å². The monoisotopic (exact) mass is 390 g/mol. The standard InChI is InChI=1S/C10H13Cl2N2O8P/c1-20-4-2-14(10(18)13-8(4)17)9-7(16)6(15)5(22-9)3-21-23(11,12)19/h2,5-7,9,15-16H,3H2,1H3,(H,13,17,18)/t5-,6?,7?,9-/m1/s1. The molecule has 4 atom stereocenters. The summed E-state index contributed by atoms with van der Waals surface area (Å²) in [4.78, 5) is 25.2. The van der Waals surface area contributed by atoms with Crippen molar-refractivity contribution >= 4 is 28.6 Å². The molecule has 2 unspecified atom stereocenters. The molecule has 1 aliphatic heterocycles. The molecular formula is C10H13Cl2N2O8P. The Bertz CT molecular complexity index is 730. The van der Waals surface area contributed by atoms with Gasteiger partial charge in [0.15, 0.2) is 6.23 Å². The van der Waals surface area contributed by atoms with E-state index in [0.717, 1.165) is 10.8 Å². The van der Waals surface area contributed by atoms with Crippen molar-refractivity contribution in [2.75, 3.05) is 13.7 Å². The molecule has 2 heterocycles. The molecule has 0 bridgehead atoms. The summed E-state index contributed by atoms with van der Waals surface area (Å²) in [6.07, 6.45) is -8.30. The molecule has 1 aliphatic rings. The largest absolute Gasteiger partial charge is 0.490 e. The Morgan fingerprint density at radius 2 is 2.04 bits per heavy atom. The van der Waals surface area contributed by atoms with E-state index in [0.29, 0.717) is 0 Å². The second-order valence-corrected chi connectivity index (χ2v) is 8.90. The molecule has 0 spiro atoms. The van der Waals surface area contributed by atoms with Crippen LogP contribution in [-0.4, -0.2) is 51.8 Å². The number of hydrogen-bond donors (Lipinski definition) is 3. The fourth-order valence-corrected chi connectivity index (χ4v) is 2.72. The number of aromatic nitrogens is 2. The van der Waals surface area contributed by atoms with Gasteiger partial charge in [-0.15, -0.1) is 0 Å². The quantitative estimate of drug-likeness (QED) is 0.585. The number of aliphatic hydroxyl groups excluding tert-OH is 2. The molecule has 3 N–H and O–H groups in total. The summed E-state index contributed by atoms with van der Waals surface area (Å²) >= 11 is 10.4. The number of rotatable bonds is 5. The Morgan fingerprint density at radius 1 is 1.39 bits per heavy atom. The summed E-state index contributed by atoms with van der Waals surface area (Å²) in [7, 11) is 1.22. The summed E-state index contributed by atoms with van der Waals surface area (Å²) in [5.41, 5.74) is -1.64. The highest BCUT2D eigenvalue weighted by atomic mass is 35.9. The van der Waals surface area contributed by atoms with E-state index < -0.39 is 48.5 Å². The van der Waals surface area contributed by atoms with Crippen molar-refractivity contribution in [3.8, 4) is 5.75 Å². The average Bonchev–Trinajstić information content (AvgIpc) is 2.73. The Labute approximate surface area is 138 Å². The highest BCUT2D eigenvalue weighted by Crippen LogP contribution is 2.57. The minimum absolute atomic E-state index is 0.194. The van der Waals surface area contributed by atoms with Crippen molar-refractivity contribution in [2.45, 2.75) is 24.5 Å². The summed E-state index contributed by atoms with van der Waals surface area (Å²) in [5, 5.41) is 19.9. The van der Waals surface area contributed by atoms with Gasteiger partial charge in [0.2, 0.25) is 5.75 Å². The molecule has 13 heteroatoms. The van der Waals surface area contributed by atoms with Crippen LogP contribution in [0.2, 0.25) is 0 Å². The molecule has 0 aliphatic carbocycles. The number of nitrogens with zero attached hydrogens (tertiary/aromatic N) is 1. The van der Waals surface area contributed by atoms with Crippen molar-refractivity contribution in [3.63, 3.8) is 0 Å². The molecule has 2 rings (SSSR count). The molecule has 1 saturated heterocycles. The summed E-state index contributed by atoms with van der Waals surface area (Å²) in [5.74, 6) is -0.194. The molecule has 1 fully saturated rings. The Kier molecular flexibility index (Phi) is 5.57. The van der Waals surface area contributed by atoms with Crippen LogP contribution in [0.25, 0.3) is 0 Å². The van der Waals surface area contributed by atoms with E-state index in [1.165, 1.54) is 7.11 Å². The predicted octanol–water partition coefficient (Wildman–Crippen LogP) is -0.233. The van der Waals surface area contributed by atoms with Crippen LogP contribution >= 0.6 is 28.6 Å². The van der Waals surface area contributed by atoms with Gasteiger partial charge in [0, 0.05) is 0 Å². The van der Waals surface area contributed by atoms with Gasteiger partial charge < -0.3 is 24.2 Å². The van der Waals surface area contributed by atoms with Gasteiger partial charge in [-0.3, -0.25) is 18.9 Å². The minimum Gasteiger partial charge on any atom is -0.490 e. The summed E-state index contributed by atoms with van der Waals surface area (Å²) < 4.78 is 26.6. The van der Waals surface area contributed by atoms with Crippen LogP contribution in [0, 0.1) is 0 Å². The van der Waals surface area contributed by atoms with Gasteiger partial charge in [0.1, 0.15) is 18.3 Å². The third-order valence-corrected chi connectivity index (χ3v) is 4.19. The topological polar surface area (TPSA) is 140 Å². The first kappa shape index (κ1) is 18.5. The van der Waals surface area contributed by atoms with Gasteiger partial charge in [-0.2, -0.15) is 0 Å². The van der Waals surface area contributed by atoms with Gasteiger partial charge in [0.25, 0.3) is 5.56 Å². The van der Waals surface area contributed by atoms with Crippen LogP contribution in [0.3, 0.4) is 0 Å². The lowest BCUT2D eigenvalue weighted by molar-refractivity contribution is -0.0510. The number of aromatic amines is 1. The zero-order valence-electron chi connectivity index (χ0n) is 11.6. The van der Waals surface area contributed by atoms with E-state index in [1.807, 2.05) is 4.98 Å². The van der Waals surface area contributed by atoms with E-state index in [4.69, 9.17) is 32.0 Å². The second kappa shape index (κ2) is 6.94. The molecule has 1 aromatic heterocycles. The van der Waals surface area contributed by atoms with Crippen LogP contribution in [-0.2, 0) is 13.8 Å². The Hall–Kier alpha value is -0.870. The maximum atomic E-state index is 11.8. The number of methoxy groups -OCH3 is 1. The molecule has 1 aromatic rings. The summed E-state index contributed by atoms with van der Waals surface area (Å²) in [6, 6.07) is 0. The van der Waals surface area contributed by atoms with E-state index in [1.54, 1.807) is 0 Å². The van der Waals surface area contributed by atoms with Gasteiger partial charge in [-0.05, 0) is 22.5 Å². The first-order valence-electron chi connectivity index (χ1n) is 6.19. The summed E-state index contributed by atoms with van der Waals surface area (Å²) in [6.45, 7) is -0.478. The van der Waals surface area contributed by atoms with Gasteiger partial charge in [0.05, 0.1) is 19.9 Å². The van der Waals surface area contributed by atoms with E-state index in [2.05, 4.69) is 4.52 Å². The predicted molar refractivity (Wildman–Crippen MR) is 79.1 cm³/mol. The third-order valence-electron chi connectivity index (χ3n) is 3.16. The molecule has 0 saturated carbocycles. The zero-order valence-corrected chi connectivity index (χ0v) is 14.0. The zero-order chi connectivity index (χ0) is 17.4. The van der Waals surface area contributed by atoms with Crippen molar-refractivity contribution in [1.29, 1.82) is 0 Å².